The van der Waals surface area contributed by atoms with Crippen LogP contribution in [0.3, 0.4) is 0 Å². The first-order valence-electron chi connectivity index (χ1n) is 12.8. The molecule has 0 aromatic carbocycles. The van der Waals surface area contributed by atoms with Crippen LogP contribution in [0.5, 0.6) is 0 Å². The lowest BCUT2D eigenvalue weighted by Gasteiger charge is -2.28. The van der Waals surface area contributed by atoms with Gasteiger partial charge < -0.3 is 21.6 Å². The molecule has 0 radical (unpaired) electrons. The van der Waals surface area contributed by atoms with Crippen LogP contribution < -0.4 is 0 Å². The minimum absolute atomic E-state index is 0. The Morgan fingerprint density at radius 1 is 0.703 bits per heavy atom. The highest BCUT2D eigenvalue weighted by atomic mass is 28.2. The van der Waals surface area contributed by atoms with Gasteiger partial charge in [-0.15, -0.1) is 0 Å². The molecule has 37 heavy (non-hydrogen) atoms. The van der Waals surface area contributed by atoms with E-state index in [-0.39, 0.29) is 29.7 Å². The van der Waals surface area contributed by atoms with Crippen molar-refractivity contribution in [1.82, 2.24) is 26.6 Å². The van der Waals surface area contributed by atoms with Crippen molar-refractivity contribution < 1.29 is 0 Å². The van der Waals surface area contributed by atoms with Crippen LogP contribution in [0.1, 0.15) is 103 Å². The molecule has 238 valence electrons. The molecule has 6 nitrogen and oxygen atoms in total. The molecule has 0 heterocycles. The Morgan fingerprint density at radius 2 is 0.946 bits per heavy atom. The normalized spacial score (nSPS) is 13.6. The molecule has 0 saturated heterocycles. The van der Waals surface area contributed by atoms with E-state index in [1.54, 1.807) is 0 Å². The maximum atomic E-state index is 2.50. The van der Waals surface area contributed by atoms with E-state index in [0.29, 0.717) is 5.54 Å². The van der Waals surface area contributed by atoms with Crippen LogP contribution >= 0.6 is 0 Å². The largest absolute Gasteiger partial charge is 0.361 e. The maximum Gasteiger partial charge on any atom is 0.0874 e. The summed E-state index contributed by atoms with van der Waals surface area (Å²) in [4.78, 5) is 0. The van der Waals surface area contributed by atoms with Crippen LogP contribution in [-0.2, 0) is 0 Å². The molecule has 0 aromatic rings. The van der Waals surface area contributed by atoms with E-state index in [9.17, 15) is 0 Å². The SMILES string of the molecule is C.C.C.C.CC(C)(C)N([SiH3])[SiH3].CC(C)N([SiH3])[SiH3].CCN([SiH3])[SiH3].CN(C)N([SiH3])[SiH3].CN([SiH3])C1CCCCC1. The molecule has 1 aliphatic carbocycles. The maximum absolute atomic E-state index is 2.50. The Balaban J connectivity index is -0.0000000468. The Hall–Kier alpha value is 1.71. The van der Waals surface area contributed by atoms with Crippen molar-refractivity contribution >= 4 is 93.6 Å². The summed E-state index contributed by atoms with van der Waals surface area (Å²) in [5.74, 6) is 0. The summed E-state index contributed by atoms with van der Waals surface area (Å²) in [5.41, 5.74) is 0.457. The molecule has 15 heteroatoms. The summed E-state index contributed by atoms with van der Waals surface area (Å²) in [6, 6.07) is 1.76. The van der Waals surface area contributed by atoms with Gasteiger partial charge in [0.15, 0.2) is 0 Å². The van der Waals surface area contributed by atoms with Gasteiger partial charge >= 0.3 is 0 Å². The molecule has 0 bridgehead atoms. The van der Waals surface area contributed by atoms with Gasteiger partial charge in [0.25, 0.3) is 0 Å². The average Bonchev–Trinajstić information content (AvgIpc) is 2.69. The molecule has 1 rings (SSSR count). The van der Waals surface area contributed by atoms with E-state index >= 15 is 0 Å². The van der Waals surface area contributed by atoms with Gasteiger partial charge in [0.05, 0.1) is 93.6 Å². The van der Waals surface area contributed by atoms with E-state index in [1.807, 2.05) is 0 Å². The van der Waals surface area contributed by atoms with E-state index < -0.39 is 0 Å². The van der Waals surface area contributed by atoms with Gasteiger partial charge in [-0.25, -0.2) is 0 Å². The zero-order valence-corrected chi connectivity index (χ0v) is 44.6. The molecule has 0 spiro atoms. The molecular formula is C22H84N6Si9. The third kappa shape index (κ3) is 54.5. The standard InChI is InChI=1S/C7H17NSi.C4H15NSi2.C3H13NSi2.C2H12N2Si2.C2H11NSi2.4CH4/c1-8(9)7-5-3-2-4-6-7;1-4(2,3)5(6)7;2*1-3(2)4(5)6;1-2-3(4)5;;;;/h7H,2-6H2,1,9H3;1-3,6-7H3;3H,1-2,5-6H3;1-2,5-6H3;2H2,1,4-5H3;4*1H4. The number of hydrogen-bond donors (Lipinski definition) is 0. The number of nitrogens with zero attached hydrogens (tertiary/aromatic N) is 6. The molecule has 1 fully saturated rings. The van der Waals surface area contributed by atoms with Crippen molar-refractivity contribution in [3.8, 4) is 0 Å². The summed E-state index contributed by atoms with van der Waals surface area (Å²) >= 11 is 0. The van der Waals surface area contributed by atoms with E-state index in [4.69, 9.17) is 0 Å². The molecule has 0 N–H and O–H groups in total. The van der Waals surface area contributed by atoms with Gasteiger partial charge in [-0.05, 0) is 58.8 Å². The minimum Gasteiger partial charge on any atom is -0.361 e. The summed E-state index contributed by atoms with van der Waals surface area (Å²) < 4.78 is 12.1. The van der Waals surface area contributed by atoms with E-state index in [1.165, 1.54) is 132 Å². The van der Waals surface area contributed by atoms with Crippen molar-refractivity contribution in [1.29, 1.82) is 0 Å². The summed E-state index contributed by atoms with van der Waals surface area (Å²) in [6.45, 7) is 14.7. The first-order valence-corrected chi connectivity index (χ1v) is 20.9. The summed E-state index contributed by atoms with van der Waals surface area (Å²) in [7, 11) is 17.5. The van der Waals surface area contributed by atoms with Gasteiger partial charge in [0, 0.05) is 20.1 Å². The molecule has 0 amide bonds. The second-order valence-corrected chi connectivity index (χ2v) is 31.2. The highest BCUT2D eigenvalue weighted by molar-refractivity contribution is 6.26. The van der Waals surface area contributed by atoms with Crippen molar-refractivity contribution in [2.45, 2.75) is 121 Å². The van der Waals surface area contributed by atoms with Crippen LogP contribution in [0, 0.1) is 0 Å². The number of rotatable bonds is 4. The van der Waals surface area contributed by atoms with Crippen LogP contribution in [-0.4, -0.2) is 166 Å². The van der Waals surface area contributed by atoms with Gasteiger partial charge in [0.1, 0.15) is 0 Å². The molecule has 0 aliphatic heterocycles. The van der Waals surface area contributed by atoms with Crippen LogP contribution in [0.2, 0.25) is 0 Å². The van der Waals surface area contributed by atoms with Crippen LogP contribution in [0.4, 0.5) is 0 Å². The van der Waals surface area contributed by atoms with Gasteiger partial charge in [0.2, 0.25) is 0 Å². The van der Waals surface area contributed by atoms with Gasteiger partial charge in [-0.1, -0.05) is 69.7 Å². The predicted molar refractivity (Wildman–Crippen MR) is 217 cm³/mol. The van der Waals surface area contributed by atoms with E-state index in [2.05, 4.69) is 89.3 Å². The fourth-order valence-electron chi connectivity index (χ4n) is 1.60. The zero-order valence-electron chi connectivity index (χ0n) is 26.6. The zero-order chi connectivity index (χ0) is 27.4. The Kier molecular flexibility index (Phi) is 56.4. The van der Waals surface area contributed by atoms with Crippen molar-refractivity contribution in [2.75, 3.05) is 27.7 Å². The minimum atomic E-state index is 0. The number of hydrogen-bond acceptors (Lipinski definition) is 6. The molecule has 1 saturated carbocycles. The predicted octanol–water partition coefficient (Wildman–Crippen LogP) is -4.82. The highest BCUT2D eigenvalue weighted by Crippen LogP contribution is 2.19. The average molecular weight is 686 g/mol. The summed E-state index contributed by atoms with van der Waals surface area (Å²) in [5, 5.41) is 2.12. The molecule has 0 atom stereocenters. The topological polar surface area (TPSA) is 19.4 Å². The fraction of sp³-hybridized carbons (Fsp3) is 1.00. The first kappa shape index (κ1) is 58.4. The Morgan fingerprint density at radius 3 is 1.03 bits per heavy atom. The van der Waals surface area contributed by atoms with Gasteiger partial charge in [-0.2, -0.15) is 0 Å². The molecule has 1 aliphatic rings. The second-order valence-electron chi connectivity index (χ2n) is 11.5. The third-order valence-corrected chi connectivity index (χ3v) is 14.5. The second kappa shape index (κ2) is 35.7. The van der Waals surface area contributed by atoms with Crippen LogP contribution in [0.25, 0.3) is 0 Å². The Bertz CT molecular complexity index is 369. The third-order valence-electron chi connectivity index (χ3n) is 6.11. The van der Waals surface area contributed by atoms with E-state index in [0.717, 1.165) is 12.1 Å². The smallest absolute Gasteiger partial charge is 0.0874 e. The van der Waals surface area contributed by atoms with Crippen molar-refractivity contribution in [3.63, 3.8) is 0 Å². The van der Waals surface area contributed by atoms with Crippen molar-refractivity contribution in [3.05, 3.63) is 0 Å². The summed E-state index contributed by atoms with van der Waals surface area (Å²) in [6.07, 6.45) is 7.33. The van der Waals surface area contributed by atoms with Crippen molar-refractivity contribution in [2.24, 2.45) is 0 Å². The van der Waals surface area contributed by atoms with Crippen LogP contribution in [0.15, 0.2) is 0 Å². The monoisotopic (exact) mass is 684 g/mol. The highest BCUT2D eigenvalue weighted by Gasteiger charge is 2.13. The molecule has 0 aromatic heterocycles. The lowest BCUT2D eigenvalue weighted by atomic mass is 9.96. The fourth-order valence-corrected chi connectivity index (χ4v) is 2.11. The molecule has 0 unspecified atom stereocenters. The quantitative estimate of drug-likeness (QED) is 0.217. The Labute approximate surface area is 267 Å². The lowest BCUT2D eigenvalue weighted by molar-refractivity contribution is 0.238. The lowest BCUT2D eigenvalue weighted by Crippen LogP contribution is -2.36. The molecular weight excluding hydrogens is 601 g/mol. The van der Waals surface area contributed by atoms with Gasteiger partial charge in [-0.3, -0.25) is 5.01 Å². The number of hydrazine groups is 1. The first-order chi connectivity index (χ1) is 14.8.